The standard InChI is InChI=1S/C21H32N6O3.C4H6O4/c1-4-19(28)27(18-9-7-6-8-10-18)21(17-30-3)11-13-24(14-12-21)15-16-26-20(29)25(5-2)22-23-26;5-3(6)1-2-4(7)8/h6-10H,4-5,11-17H2,1-3H3;1-2H2,(H,5,6)(H,7,8). The Bertz CT molecular complexity index is 1080. The lowest BCUT2D eigenvalue weighted by molar-refractivity contribution is -0.143. The number of ether oxygens (including phenoxy) is 1. The second kappa shape index (κ2) is 15.0. The van der Waals surface area contributed by atoms with Crippen molar-refractivity contribution in [3.05, 3.63) is 40.8 Å². The van der Waals surface area contributed by atoms with Crippen molar-refractivity contribution in [1.29, 1.82) is 0 Å². The number of tetrazole rings is 1. The van der Waals surface area contributed by atoms with Gasteiger partial charge in [0.25, 0.3) is 0 Å². The number of likely N-dealkylation sites (tertiary alicyclic amines) is 1. The number of carbonyl (C=O) groups excluding carboxylic acids is 1. The van der Waals surface area contributed by atoms with Gasteiger partial charge in [-0.25, -0.2) is 4.79 Å². The molecule has 3 rings (SSSR count). The minimum absolute atomic E-state index is 0.106. The Kier molecular flexibility index (Phi) is 12.1. The number of hydrogen-bond acceptors (Lipinski definition) is 8. The normalized spacial score (nSPS) is 14.8. The zero-order chi connectivity index (χ0) is 28.1. The molecule has 0 atom stereocenters. The quantitative estimate of drug-likeness (QED) is 0.406. The maximum absolute atomic E-state index is 13.0. The molecular weight excluding hydrogens is 496 g/mol. The molecule has 0 spiro atoms. The van der Waals surface area contributed by atoms with E-state index in [0.717, 1.165) is 38.2 Å². The second-order valence-electron chi connectivity index (χ2n) is 9.01. The highest BCUT2D eigenvalue weighted by Crippen LogP contribution is 2.34. The minimum Gasteiger partial charge on any atom is -0.481 e. The number of aliphatic carboxylic acids is 2. The molecule has 13 heteroatoms. The van der Waals surface area contributed by atoms with Crippen LogP contribution in [-0.4, -0.2) is 91.6 Å². The van der Waals surface area contributed by atoms with Gasteiger partial charge in [0.2, 0.25) is 5.91 Å². The van der Waals surface area contributed by atoms with E-state index in [2.05, 4.69) is 15.3 Å². The summed E-state index contributed by atoms with van der Waals surface area (Å²) >= 11 is 0. The van der Waals surface area contributed by atoms with Gasteiger partial charge in [-0.2, -0.15) is 9.36 Å². The summed E-state index contributed by atoms with van der Waals surface area (Å²) in [6.07, 6.45) is 1.46. The molecule has 0 unspecified atom stereocenters. The van der Waals surface area contributed by atoms with Crippen LogP contribution >= 0.6 is 0 Å². The van der Waals surface area contributed by atoms with Crippen LogP contribution in [0.15, 0.2) is 35.1 Å². The molecule has 1 aromatic carbocycles. The molecule has 1 saturated heterocycles. The number of para-hydroxylation sites is 1. The van der Waals surface area contributed by atoms with E-state index in [1.165, 1.54) is 9.36 Å². The van der Waals surface area contributed by atoms with E-state index in [-0.39, 0.29) is 30.0 Å². The van der Waals surface area contributed by atoms with E-state index < -0.39 is 11.9 Å². The van der Waals surface area contributed by atoms with Gasteiger partial charge in [0.05, 0.1) is 31.5 Å². The van der Waals surface area contributed by atoms with Gasteiger partial charge in [0, 0.05) is 45.4 Å². The van der Waals surface area contributed by atoms with Crippen molar-refractivity contribution in [3.63, 3.8) is 0 Å². The zero-order valence-corrected chi connectivity index (χ0v) is 22.3. The smallest absolute Gasteiger partial charge is 0.363 e. The molecule has 38 heavy (non-hydrogen) atoms. The molecule has 1 fully saturated rings. The van der Waals surface area contributed by atoms with Gasteiger partial charge in [-0.1, -0.05) is 25.1 Å². The highest BCUT2D eigenvalue weighted by Gasteiger charge is 2.42. The fourth-order valence-corrected chi connectivity index (χ4v) is 4.41. The van der Waals surface area contributed by atoms with Crippen molar-refractivity contribution in [3.8, 4) is 0 Å². The Morgan fingerprint density at radius 3 is 2.03 bits per heavy atom. The molecular formula is C25H38N6O7. The van der Waals surface area contributed by atoms with Gasteiger partial charge in [-0.15, -0.1) is 0 Å². The molecule has 210 valence electrons. The molecule has 1 aromatic heterocycles. The lowest BCUT2D eigenvalue weighted by Gasteiger charge is -2.48. The van der Waals surface area contributed by atoms with Crippen LogP contribution in [0, 0.1) is 0 Å². The van der Waals surface area contributed by atoms with E-state index in [4.69, 9.17) is 14.9 Å². The van der Waals surface area contributed by atoms with Crippen LogP contribution in [0.2, 0.25) is 0 Å². The van der Waals surface area contributed by atoms with Crippen LogP contribution in [0.1, 0.15) is 46.0 Å². The summed E-state index contributed by atoms with van der Waals surface area (Å²) in [7, 11) is 1.69. The molecule has 13 nitrogen and oxygen atoms in total. The van der Waals surface area contributed by atoms with Gasteiger partial charge in [-0.3, -0.25) is 14.4 Å². The predicted octanol–water partition coefficient (Wildman–Crippen LogP) is 1.32. The Morgan fingerprint density at radius 1 is 0.974 bits per heavy atom. The Morgan fingerprint density at radius 2 is 1.55 bits per heavy atom. The van der Waals surface area contributed by atoms with Crippen LogP contribution in [0.25, 0.3) is 0 Å². The molecule has 1 aliphatic heterocycles. The summed E-state index contributed by atoms with van der Waals surface area (Å²) in [5, 5.41) is 23.6. The maximum Gasteiger partial charge on any atom is 0.363 e. The first-order valence-corrected chi connectivity index (χ1v) is 12.7. The molecule has 0 bridgehead atoms. The van der Waals surface area contributed by atoms with Gasteiger partial charge in [0.1, 0.15) is 0 Å². The highest BCUT2D eigenvalue weighted by atomic mass is 16.5. The number of methoxy groups -OCH3 is 1. The summed E-state index contributed by atoms with van der Waals surface area (Å²) in [5.41, 5.74) is 0.367. The number of aromatic nitrogens is 4. The summed E-state index contributed by atoms with van der Waals surface area (Å²) in [4.78, 5) is 48.6. The van der Waals surface area contributed by atoms with Crippen molar-refractivity contribution in [2.75, 3.05) is 38.3 Å². The van der Waals surface area contributed by atoms with Crippen LogP contribution in [-0.2, 0) is 32.2 Å². The van der Waals surface area contributed by atoms with Crippen molar-refractivity contribution in [2.45, 2.75) is 64.6 Å². The molecule has 0 aliphatic carbocycles. The highest BCUT2D eigenvalue weighted by molar-refractivity contribution is 5.94. The van der Waals surface area contributed by atoms with Gasteiger partial charge in [0.15, 0.2) is 0 Å². The van der Waals surface area contributed by atoms with E-state index in [1.54, 1.807) is 7.11 Å². The van der Waals surface area contributed by atoms with Crippen LogP contribution in [0.3, 0.4) is 0 Å². The first kappa shape index (κ1) is 30.6. The van der Waals surface area contributed by atoms with Gasteiger partial charge < -0.3 is 24.7 Å². The lowest BCUT2D eigenvalue weighted by Crippen LogP contribution is -2.60. The van der Waals surface area contributed by atoms with Crippen LogP contribution < -0.4 is 10.6 Å². The summed E-state index contributed by atoms with van der Waals surface area (Å²) < 4.78 is 8.37. The predicted molar refractivity (Wildman–Crippen MR) is 139 cm³/mol. The Hall–Kier alpha value is -3.58. The van der Waals surface area contributed by atoms with E-state index in [1.807, 2.05) is 49.1 Å². The number of hydrogen-bond donors (Lipinski definition) is 2. The monoisotopic (exact) mass is 534 g/mol. The summed E-state index contributed by atoms with van der Waals surface area (Å²) in [5.74, 6) is -2.05. The molecule has 2 heterocycles. The van der Waals surface area contributed by atoms with Crippen molar-refractivity contribution in [2.24, 2.45) is 0 Å². The van der Waals surface area contributed by atoms with Crippen molar-refractivity contribution >= 4 is 23.5 Å². The molecule has 2 N–H and O–H groups in total. The average Bonchev–Trinajstić information content (AvgIpc) is 3.27. The zero-order valence-electron chi connectivity index (χ0n) is 22.3. The Labute approximate surface area is 221 Å². The number of nitrogens with zero attached hydrogens (tertiary/aromatic N) is 6. The fourth-order valence-electron chi connectivity index (χ4n) is 4.41. The first-order valence-electron chi connectivity index (χ1n) is 12.7. The van der Waals surface area contributed by atoms with Crippen LogP contribution in [0.5, 0.6) is 0 Å². The number of piperidine rings is 1. The van der Waals surface area contributed by atoms with E-state index >= 15 is 0 Å². The number of carboxylic acids is 2. The third kappa shape index (κ3) is 8.48. The van der Waals surface area contributed by atoms with Gasteiger partial charge in [-0.05, 0) is 42.3 Å². The number of amides is 1. The fraction of sp³-hybridized carbons (Fsp3) is 0.600. The Balaban J connectivity index is 0.000000550. The average molecular weight is 535 g/mol. The number of carboxylic acid groups (broad SMARTS) is 2. The summed E-state index contributed by atoms with van der Waals surface area (Å²) in [6.45, 7) is 7.64. The minimum atomic E-state index is -1.08. The molecule has 0 radical (unpaired) electrons. The molecule has 0 saturated carbocycles. The molecule has 1 aliphatic rings. The number of carbonyl (C=O) groups is 3. The van der Waals surface area contributed by atoms with E-state index in [0.29, 0.717) is 26.1 Å². The summed E-state index contributed by atoms with van der Waals surface area (Å²) in [6, 6.07) is 9.85. The van der Waals surface area contributed by atoms with Crippen LogP contribution in [0.4, 0.5) is 5.69 Å². The van der Waals surface area contributed by atoms with Gasteiger partial charge >= 0.3 is 17.6 Å². The first-order chi connectivity index (χ1) is 18.2. The molecule has 1 amide bonds. The number of aryl methyl sites for hydroxylation is 1. The second-order valence-corrected chi connectivity index (χ2v) is 9.01. The lowest BCUT2D eigenvalue weighted by atomic mass is 9.85. The number of anilines is 1. The number of benzene rings is 1. The van der Waals surface area contributed by atoms with Crippen molar-refractivity contribution < 1.29 is 29.3 Å². The number of rotatable bonds is 12. The maximum atomic E-state index is 13.0. The third-order valence-electron chi connectivity index (χ3n) is 6.42. The molecule has 2 aromatic rings. The third-order valence-corrected chi connectivity index (χ3v) is 6.42. The topological polar surface area (TPSA) is 160 Å². The van der Waals surface area contributed by atoms with Crippen molar-refractivity contribution in [1.82, 2.24) is 24.7 Å². The SMILES string of the molecule is CCC(=O)N(c1ccccc1)C1(COC)CCN(CCn2nnn(CC)c2=O)CC1.O=C(O)CCC(=O)O. The largest absolute Gasteiger partial charge is 0.481 e. The van der Waals surface area contributed by atoms with E-state index in [9.17, 15) is 19.2 Å².